The molecule has 3 rings (SSSR count). The van der Waals surface area contributed by atoms with E-state index in [2.05, 4.69) is 5.32 Å². The van der Waals surface area contributed by atoms with Crippen molar-refractivity contribution in [2.75, 3.05) is 26.2 Å². The summed E-state index contributed by atoms with van der Waals surface area (Å²) >= 11 is 0. The van der Waals surface area contributed by atoms with Crippen molar-refractivity contribution >= 4 is 15.9 Å². The van der Waals surface area contributed by atoms with Crippen LogP contribution in [0.1, 0.15) is 18.9 Å². The minimum Gasteiger partial charge on any atom is -0.494 e. The van der Waals surface area contributed by atoms with Crippen LogP contribution in [0.15, 0.2) is 59.5 Å². The quantitative estimate of drug-likeness (QED) is 0.773. The van der Waals surface area contributed by atoms with Gasteiger partial charge in [0.1, 0.15) is 5.75 Å². The predicted octanol–water partition coefficient (Wildman–Crippen LogP) is 2.89. The maximum absolute atomic E-state index is 12.7. The Morgan fingerprint density at radius 3 is 2.71 bits per heavy atom. The Labute approximate surface area is 166 Å². The maximum Gasteiger partial charge on any atom is 0.317 e. The molecule has 2 aromatic carbocycles. The van der Waals surface area contributed by atoms with Crippen LogP contribution in [0, 0.1) is 0 Å². The molecule has 1 unspecified atom stereocenters. The number of carbonyl (C=O) groups excluding carboxylic acids is 1. The molecule has 1 N–H and O–H groups in total. The largest absolute Gasteiger partial charge is 0.494 e. The number of urea groups is 1. The fourth-order valence-corrected chi connectivity index (χ4v) is 5.06. The first-order valence-corrected chi connectivity index (χ1v) is 11.1. The summed E-state index contributed by atoms with van der Waals surface area (Å²) in [6, 6.07) is 16.0. The fourth-order valence-electron chi connectivity index (χ4n) is 3.35. The molecule has 0 aliphatic carbocycles. The van der Waals surface area contributed by atoms with Crippen molar-refractivity contribution in [2.24, 2.45) is 0 Å². The average Bonchev–Trinajstić information content (AvgIpc) is 3.20. The summed E-state index contributed by atoms with van der Waals surface area (Å²) in [6.45, 7) is 3.71. The molecule has 6 nitrogen and oxygen atoms in total. The van der Waals surface area contributed by atoms with Crippen LogP contribution in [0.5, 0.6) is 5.75 Å². The number of amides is 2. The topological polar surface area (TPSA) is 75.7 Å². The molecule has 1 atom stereocenters. The van der Waals surface area contributed by atoms with E-state index in [0.29, 0.717) is 37.4 Å². The summed E-state index contributed by atoms with van der Waals surface area (Å²) in [5.41, 5.74) is 1.08. The number of nitrogens with zero attached hydrogens (tertiary/aromatic N) is 1. The number of hydrogen-bond acceptors (Lipinski definition) is 4. The standard InChI is InChI=1S/C21H26N2O4S/c1-2-27-18-8-6-7-17(15-18)11-13-22-21(24)23-14-12-20(16-23)28(25,26)19-9-4-3-5-10-19/h3-10,15,20H,2,11-14,16H2,1H3,(H,22,24). The van der Waals surface area contributed by atoms with Gasteiger partial charge >= 0.3 is 6.03 Å². The lowest BCUT2D eigenvalue weighted by Crippen LogP contribution is -2.40. The SMILES string of the molecule is CCOc1cccc(CCNC(=O)N2CCC(S(=O)(=O)c3ccccc3)C2)c1. The third kappa shape index (κ3) is 4.84. The lowest BCUT2D eigenvalue weighted by molar-refractivity contribution is 0.209. The molecule has 150 valence electrons. The lowest BCUT2D eigenvalue weighted by Gasteiger charge is -2.17. The number of nitrogens with one attached hydrogen (secondary N) is 1. The number of hydrogen-bond donors (Lipinski definition) is 1. The Bertz CT molecular complexity index is 900. The van der Waals surface area contributed by atoms with E-state index in [1.807, 2.05) is 31.2 Å². The molecule has 1 saturated heterocycles. The van der Waals surface area contributed by atoms with Gasteiger partial charge in [-0.2, -0.15) is 0 Å². The van der Waals surface area contributed by atoms with Gasteiger partial charge in [-0.05, 0) is 49.6 Å². The Kier molecular flexibility index (Phi) is 6.57. The molecule has 7 heteroatoms. The molecular weight excluding hydrogens is 376 g/mol. The maximum atomic E-state index is 12.7. The number of carbonyl (C=O) groups is 1. The lowest BCUT2D eigenvalue weighted by atomic mass is 10.1. The molecule has 0 aromatic heterocycles. The summed E-state index contributed by atoms with van der Waals surface area (Å²) in [5, 5.41) is 2.34. The third-order valence-electron chi connectivity index (χ3n) is 4.84. The van der Waals surface area contributed by atoms with E-state index in [9.17, 15) is 13.2 Å². The zero-order valence-corrected chi connectivity index (χ0v) is 16.8. The second kappa shape index (κ2) is 9.10. The van der Waals surface area contributed by atoms with Gasteiger partial charge in [0.15, 0.2) is 9.84 Å². The second-order valence-electron chi connectivity index (χ2n) is 6.78. The number of benzene rings is 2. The van der Waals surface area contributed by atoms with Crippen LogP contribution in [0.25, 0.3) is 0 Å². The van der Waals surface area contributed by atoms with Crippen molar-refractivity contribution < 1.29 is 17.9 Å². The van der Waals surface area contributed by atoms with Crippen LogP contribution in [0.2, 0.25) is 0 Å². The van der Waals surface area contributed by atoms with Gasteiger partial charge in [-0.15, -0.1) is 0 Å². The molecule has 1 aliphatic rings. The summed E-state index contributed by atoms with van der Waals surface area (Å²) in [4.78, 5) is 14.3. The minimum atomic E-state index is -3.41. The number of ether oxygens (including phenoxy) is 1. The van der Waals surface area contributed by atoms with Crippen molar-refractivity contribution in [1.29, 1.82) is 0 Å². The van der Waals surface area contributed by atoms with E-state index in [1.165, 1.54) is 0 Å². The second-order valence-corrected chi connectivity index (χ2v) is 9.01. The highest BCUT2D eigenvalue weighted by Crippen LogP contribution is 2.23. The van der Waals surface area contributed by atoms with E-state index in [-0.39, 0.29) is 12.6 Å². The number of sulfone groups is 1. The first-order chi connectivity index (χ1) is 13.5. The molecular formula is C21H26N2O4S. The van der Waals surface area contributed by atoms with Crippen molar-refractivity contribution in [3.63, 3.8) is 0 Å². The summed E-state index contributed by atoms with van der Waals surface area (Å²) in [6.07, 6.45) is 1.15. The van der Waals surface area contributed by atoms with Gasteiger partial charge in [0, 0.05) is 19.6 Å². The first kappa shape index (κ1) is 20.2. The Morgan fingerprint density at radius 1 is 1.18 bits per heavy atom. The van der Waals surface area contributed by atoms with Crippen LogP contribution < -0.4 is 10.1 Å². The number of rotatable bonds is 7. The van der Waals surface area contributed by atoms with Crippen LogP contribution in [0.4, 0.5) is 4.79 Å². The molecule has 2 aromatic rings. The highest BCUT2D eigenvalue weighted by molar-refractivity contribution is 7.92. The molecule has 0 saturated carbocycles. The van der Waals surface area contributed by atoms with Gasteiger partial charge in [-0.3, -0.25) is 0 Å². The zero-order valence-electron chi connectivity index (χ0n) is 16.0. The summed E-state index contributed by atoms with van der Waals surface area (Å²) < 4.78 is 30.9. The third-order valence-corrected chi connectivity index (χ3v) is 7.03. The first-order valence-electron chi connectivity index (χ1n) is 9.54. The minimum absolute atomic E-state index is 0.216. The van der Waals surface area contributed by atoms with Crippen molar-refractivity contribution in [2.45, 2.75) is 29.9 Å². The Balaban J connectivity index is 1.50. The van der Waals surface area contributed by atoms with Crippen molar-refractivity contribution in [3.8, 4) is 5.75 Å². The van der Waals surface area contributed by atoms with Crippen LogP contribution in [-0.4, -0.2) is 50.8 Å². The van der Waals surface area contributed by atoms with E-state index in [1.54, 1.807) is 35.2 Å². The Hall–Kier alpha value is -2.54. The van der Waals surface area contributed by atoms with Crippen molar-refractivity contribution in [1.82, 2.24) is 10.2 Å². The summed E-state index contributed by atoms with van der Waals surface area (Å²) in [7, 11) is -3.41. The molecule has 1 aliphatic heterocycles. The van der Waals surface area contributed by atoms with Crippen LogP contribution >= 0.6 is 0 Å². The molecule has 0 radical (unpaired) electrons. The van der Waals surface area contributed by atoms with Gasteiger partial charge in [0.2, 0.25) is 0 Å². The van der Waals surface area contributed by atoms with Gasteiger partial charge < -0.3 is 15.0 Å². The molecule has 1 heterocycles. The van der Waals surface area contributed by atoms with Crippen molar-refractivity contribution in [3.05, 3.63) is 60.2 Å². The van der Waals surface area contributed by atoms with E-state index in [0.717, 1.165) is 11.3 Å². The van der Waals surface area contributed by atoms with Gasteiger partial charge in [-0.25, -0.2) is 13.2 Å². The van der Waals surface area contributed by atoms with Crippen LogP contribution in [0.3, 0.4) is 0 Å². The average molecular weight is 403 g/mol. The molecule has 28 heavy (non-hydrogen) atoms. The predicted molar refractivity (Wildman–Crippen MR) is 108 cm³/mol. The fraction of sp³-hybridized carbons (Fsp3) is 0.381. The van der Waals surface area contributed by atoms with Gasteiger partial charge in [0.05, 0.1) is 16.8 Å². The molecule has 1 fully saturated rings. The zero-order chi connectivity index (χ0) is 20.0. The monoisotopic (exact) mass is 402 g/mol. The molecule has 0 spiro atoms. The molecule has 0 bridgehead atoms. The highest BCUT2D eigenvalue weighted by Gasteiger charge is 2.35. The van der Waals surface area contributed by atoms with E-state index < -0.39 is 15.1 Å². The normalized spacial score (nSPS) is 16.8. The van der Waals surface area contributed by atoms with Gasteiger partial charge in [-0.1, -0.05) is 30.3 Å². The summed E-state index contributed by atoms with van der Waals surface area (Å²) in [5.74, 6) is 0.819. The Morgan fingerprint density at radius 2 is 1.96 bits per heavy atom. The van der Waals surface area contributed by atoms with E-state index in [4.69, 9.17) is 4.74 Å². The van der Waals surface area contributed by atoms with Gasteiger partial charge in [0.25, 0.3) is 0 Å². The number of likely N-dealkylation sites (tertiary alicyclic amines) is 1. The van der Waals surface area contributed by atoms with E-state index >= 15 is 0 Å². The highest BCUT2D eigenvalue weighted by atomic mass is 32.2. The molecule has 2 amide bonds. The smallest absolute Gasteiger partial charge is 0.317 e. The van der Waals surface area contributed by atoms with Crippen LogP contribution in [-0.2, 0) is 16.3 Å².